The molecule has 0 radical (unpaired) electrons. The lowest BCUT2D eigenvalue weighted by Gasteiger charge is -2.18. The molecule has 1 aromatic rings. The average Bonchev–Trinajstić information content (AvgIpc) is 2.40. The number of para-hydroxylation sites is 1. The molecule has 1 atom stereocenters. The van der Waals surface area contributed by atoms with E-state index in [2.05, 4.69) is 12.2 Å². The number of ether oxygens (including phenoxy) is 1. The third kappa shape index (κ3) is 5.19. The fraction of sp³-hybridized carbons (Fsp3) is 0.625. The van der Waals surface area contributed by atoms with Crippen LogP contribution in [0.2, 0.25) is 0 Å². The third-order valence-corrected chi connectivity index (χ3v) is 3.22. The molecule has 0 spiro atoms. The molecule has 0 bridgehead atoms. The summed E-state index contributed by atoms with van der Waals surface area (Å²) in [6.07, 6.45) is 4.53. The van der Waals surface area contributed by atoms with Crippen molar-refractivity contribution in [3.63, 3.8) is 0 Å². The van der Waals surface area contributed by atoms with Crippen molar-refractivity contribution in [2.45, 2.75) is 52.5 Å². The molecule has 1 aromatic carbocycles. The second-order valence-electron chi connectivity index (χ2n) is 4.85. The van der Waals surface area contributed by atoms with Gasteiger partial charge in [-0.25, -0.2) is 4.39 Å². The minimum Gasteiger partial charge on any atom is -0.490 e. The Bertz CT molecular complexity index is 368. The predicted molar refractivity (Wildman–Crippen MR) is 78.1 cm³/mol. The first-order valence-electron chi connectivity index (χ1n) is 7.35. The van der Waals surface area contributed by atoms with E-state index in [1.54, 1.807) is 6.07 Å². The zero-order valence-electron chi connectivity index (χ0n) is 12.3. The summed E-state index contributed by atoms with van der Waals surface area (Å²) in [7, 11) is 0. The summed E-state index contributed by atoms with van der Waals surface area (Å²) in [5.41, 5.74) is 0.900. The fourth-order valence-electron chi connectivity index (χ4n) is 2.14. The molecule has 1 N–H and O–H groups in total. The van der Waals surface area contributed by atoms with Gasteiger partial charge in [0.05, 0.1) is 6.61 Å². The van der Waals surface area contributed by atoms with Crippen molar-refractivity contribution >= 4 is 0 Å². The Morgan fingerprint density at radius 3 is 2.68 bits per heavy atom. The molecule has 0 fully saturated rings. The molecule has 0 aliphatic rings. The maximum Gasteiger partial charge on any atom is 0.165 e. The maximum absolute atomic E-state index is 13.9. The lowest BCUT2D eigenvalue weighted by molar-refractivity contribution is 0.284. The van der Waals surface area contributed by atoms with Gasteiger partial charge in [0.2, 0.25) is 0 Å². The van der Waals surface area contributed by atoms with Gasteiger partial charge in [-0.15, -0.1) is 0 Å². The van der Waals surface area contributed by atoms with E-state index in [0.29, 0.717) is 12.4 Å². The number of hydrogen-bond acceptors (Lipinski definition) is 2. The zero-order chi connectivity index (χ0) is 14.1. The predicted octanol–water partition coefficient (Wildman–Crippen LogP) is 4.46. The van der Waals surface area contributed by atoms with Crippen LogP contribution in [-0.4, -0.2) is 13.2 Å². The molecule has 108 valence electrons. The zero-order valence-corrected chi connectivity index (χ0v) is 12.3. The van der Waals surface area contributed by atoms with Gasteiger partial charge in [0, 0.05) is 11.6 Å². The number of nitrogens with one attached hydrogen (secondary N) is 1. The van der Waals surface area contributed by atoms with Crippen molar-refractivity contribution in [3.8, 4) is 5.75 Å². The lowest BCUT2D eigenvalue weighted by atomic mass is 10.1. The van der Waals surface area contributed by atoms with Crippen LogP contribution in [-0.2, 0) is 0 Å². The smallest absolute Gasteiger partial charge is 0.165 e. The van der Waals surface area contributed by atoms with Crippen molar-refractivity contribution in [1.29, 1.82) is 0 Å². The van der Waals surface area contributed by atoms with Crippen molar-refractivity contribution in [2.75, 3.05) is 13.2 Å². The molecular formula is C16H26FNO. The molecule has 1 unspecified atom stereocenters. The van der Waals surface area contributed by atoms with E-state index in [1.807, 2.05) is 19.9 Å². The highest BCUT2D eigenvalue weighted by atomic mass is 19.1. The van der Waals surface area contributed by atoms with E-state index in [9.17, 15) is 4.39 Å². The van der Waals surface area contributed by atoms with Crippen LogP contribution in [0.15, 0.2) is 18.2 Å². The van der Waals surface area contributed by atoms with Crippen LogP contribution in [0, 0.1) is 5.82 Å². The summed E-state index contributed by atoms with van der Waals surface area (Å²) >= 11 is 0. The Morgan fingerprint density at radius 1 is 1.21 bits per heavy atom. The van der Waals surface area contributed by atoms with E-state index in [1.165, 1.54) is 18.9 Å². The molecule has 1 rings (SSSR count). The van der Waals surface area contributed by atoms with Crippen molar-refractivity contribution in [3.05, 3.63) is 29.6 Å². The normalized spacial score (nSPS) is 12.4. The monoisotopic (exact) mass is 267 g/mol. The minimum atomic E-state index is -0.266. The number of hydrogen-bond donors (Lipinski definition) is 1. The van der Waals surface area contributed by atoms with Gasteiger partial charge >= 0.3 is 0 Å². The number of halogens is 1. The number of unbranched alkanes of at least 4 members (excludes halogenated alkanes) is 3. The minimum absolute atomic E-state index is 0.103. The quantitative estimate of drug-likeness (QED) is 0.667. The molecule has 0 aliphatic heterocycles. The first kappa shape index (κ1) is 16.0. The van der Waals surface area contributed by atoms with E-state index in [-0.39, 0.29) is 11.9 Å². The van der Waals surface area contributed by atoms with Crippen LogP contribution >= 0.6 is 0 Å². The van der Waals surface area contributed by atoms with Crippen LogP contribution in [0.3, 0.4) is 0 Å². The van der Waals surface area contributed by atoms with Crippen molar-refractivity contribution < 1.29 is 9.13 Å². The van der Waals surface area contributed by atoms with Crippen LogP contribution in [0.5, 0.6) is 5.75 Å². The number of benzene rings is 1. The van der Waals surface area contributed by atoms with E-state index in [0.717, 1.165) is 24.9 Å². The first-order chi connectivity index (χ1) is 9.20. The van der Waals surface area contributed by atoms with Crippen LogP contribution in [0.25, 0.3) is 0 Å². The summed E-state index contributed by atoms with van der Waals surface area (Å²) in [6.45, 7) is 7.69. The third-order valence-electron chi connectivity index (χ3n) is 3.22. The Morgan fingerprint density at radius 2 is 2.00 bits per heavy atom. The Kier molecular flexibility index (Phi) is 7.49. The van der Waals surface area contributed by atoms with E-state index < -0.39 is 0 Å². The lowest BCUT2D eigenvalue weighted by Crippen LogP contribution is -2.19. The molecule has 3 heteroatoms. The molecule has 0 heterocycles. The standard InChI is InChI=1S/C16H26FNO/c1-4-6-7-8-12-19-16-14(13(3)18-5-2)10-9-11-15(16)17/h9-11,13,18H,4-8,12H2,1-3H3. The van der Waals surface area contributed by atoms with Gasteiger partial charge in [0.1, 0.15) is 0 Å². The summed E-state index contributed by atoms with van der Waals surface area (Å²) < 4.78 is 19.5. The largest absolute Gasteiger partial charge is 0.490 e. The average molecular weight is 267 g/mol. The van der Waals surface area contributed by atoms with Crippen molar-refractivity contribution in [1.82, 2.24) is 5.32 Å². The molecule has 2 nitrogen and oxygen atoms in total. The molecular weight excluding hydrogens is 241 g/mol. The summed E-state index contributed by atoms with van der Waals surface area (Å²) in [6, 6.07) is 5.23. The molecule has 0 saturated carbocycles. The first-order valence-corrected chi connectivity index (χ1v) is 7.35. The number of rotatable bonds is 9. The van der Waals surface area contributed by atoms with Crippen LogP contribution in [0.1, 0.15) is 58.1 Å². The summed E-state index contributed by atoms with van der Waals surface area (Å²) in [4.78, 5) is 0. The van der Waals surface area contributed by atoms with Gasteiger partial charge in [0.25, 0.3) is 0 Å². The van der Waals surface area contributed by atoms with Gasteiger partial charge in [-0.2, -0.15) is 0 Å². The van der Waals surface area contributed by atoms with Crippen LogP contribution < -0.4 is 10.1 Å². The maximum atomic E-state index is 13.9. The Hall–Kier alpha value is -1.09. The SMILES string of the molecule is CCCCCCOc1c(F)cccc1C(C)NCC. The molecule has 0 aromatic heterocycles. The van der Waals surface area contributed by atoms with E-state index in [4.69, 9.17) is 4.74 Å². The second kappa shape index (κ2) is 8.92. The fourth-order valence-corrected chi connectivity index (χ4v) is 2.14. The Labute approximate surface area is 116 Å². The second-order valence-corrected chi connectivity index (χ2v) is 4.85. The van der Waals surface area contributed by atoms with Crippen LogP contribution in [0.4, 0.5) is 4.39 Å². The van der Waals surface area contributed by atoms with Gasteiger partial charge in [-0.1, -0.05) is 45.2 Å². The topological polar surface area (TPSA) is 21.3 Å². The summed E-state index contributed by atoms with van der Waals surface area (Å²) in [5.74, 6) is 0.144. The van der Waals surface area contributed by atoms with Gasteiger partial charge in [-0.05, 0) is 26.0 Å². The summed E-state index contributed by atoms with van der Waals surface area (Å²) in [5, 5.41) is 3.29. The molecule has 0 saturated heterocycles. The highest BCUT2D eigenvalue weighted by Gasteiger charge is 2.14. The molecule has 19 heavy (non-hydrogen) atoms. The van der Waals surface area contributed by atoms with E-state index >= 15 is 0 Å². The van der Waals surface area contributed by atoms with Crippen molar-refractivity contribution in [2.24, 2.45) is 0 Å². The van der Waals surface area contributed by atoms with Gasteiger partial charge in [0.15, 0.2) is 11.6 Å². The molecule has 0 amide bonds. The Balaban J connectivity index is 2.64. The van der Waals surface area contributed by atoms with Gasteiger partial charge in [-0.3, -0.25) is 0 Å². The highest BCUT2D eigenvalue weighted by Crippen LogP contribution is 2.28. The highest BCUT2D eigenvalue weighted by molar-refractivity contribution is 5.37. The van der Waals surface area contributed by atoms with Gasteiger partial charge < -0.3 is 10.1 Å². The molecule has 0 aliphatic carbocycles.